The first-order valence-corrected chi connectivity index (χ1v) is 9.27. The highest BCUT2D eigenvalue weighted by atomic mass is 35.5. The number of para-hydroxylation sites is 1. The van der Waals surface area contributed by atoms with E-state index in [-0.39, 0.29) is 12.4 Å². The molecule has 3 aromatic rings. The predicted molar refractivity (Wildman–Crippen MR) is 108 cm³/mol. The van der Waals surface area contributed by atoms with Crippen LogP contribution in [0.3, 0.4) is 0 Å². The average Bonchev–Trinajstić information content (AvgIpc) is 2.95. The fourth-order valence-electron chi connectivity index (χ4n) is 4.05. The van der Waals surface area contributed by atoms with Gasteiger partial charge in [-0.05, 0) is 38.7 Å². The number of nitrogens with zero attached hydrogens (tertiary/aromatic N) is 3. The molecule has 2 aromatic heterocycles. The third-order valence-electron chi connectivity index (χ3n) is 5.34. The summed E-state index contributed by atoms with van der Waals surface area (Å²) in [5.74, 6) is 0.794. The van der Waals surface area contributed by atoms with Crippen LogP contribution in [0.1, 0.15) is 44.7 Å². The number of hydrogen-bond acceptors (Lipinski definition) is 3. The molecule has 1 aliphatic carbocycles. The third-order valence-corrected chi connectivity index (χ3v) is 5.34. The standard InChI is InChI=1S/C20H26N4.ClH/c1-3-24-20-18(14(2)23-24)19(16-11-7-8-12-17(16)22-20)21-13-15-9-5-4-6-10-15;/h7-8,11-12,15H,3-6,9-10,13H2,1-2H3,(H,21,22);1H. The summed E-state index contributed by atoms with van der Waals surface area (Å²) in [5, 5.41) is 10.9. The highest BCUT2D eigenvalue weighted by molar-refractivity contribution is 6.07. The highest BCUT2D eigenvalue weighted by Crippen LogP contribution is 2.34. The molecule has 1 N–H and O–H groups in total. The maximum Gasteiger partial charge on any atom is 0.160 e. The van der Waals surface area contributed by atoms with Gasteiger partial charge in [0.15, 0.2) is 5.65 Å². The summed E-state index contributed by atoms with van der Waals surface area (Å²) in [7, 11) is 0. The number of fused-ring (bicyclic) bond motifs is 2. The van der Waals surface area contributed by atoms with Crippen molar-refractivity contribution in [2.45, 2.75) is 52.5 Å². The van der Waals surface area contributed by atoms with Gasteiger partial charge in [-0.3, -0.25) is 0 Å². The van der Waals surface area contributed by atoms with Crippen molar-refractivity contribution in [3.05, 3.63) is 30.0 Å². The zero-order chi connectivity index (χ0) is 16.5. The molecule has 0 amide bonds. The van der Waals surface area contributed by atoms with Crippen molar-refractivity contribution < 1.29 is 0 Å². The molecule has 0 atom stereocenters. The van der Waals surface area contributed by atoms with Crippen molar-refractivity contribution in [3.8, 4) is 0 Å². The fourth-order valence-corrected chi connectivity index (χ4v) is 4.05. The number of anilines is 1. The Morgan fingerprint density at radius 3 is 2.68 bits per heavy atom. The first-order valence-electron chi connectivity index (χ1n) is 9.27. The summed E-state index contributed by atoms with van der Waals surface area (Å²) in [5.41, 5.74) is 4.33. The molecule has 1 aromatic carbocycles. The summed E-state index contributed by atoms with van der Waals surface area (Å²) in [6, 6.07) is 8.43. The van der Waals surface area contributed by atoms with Crippen molar-refractivity contribution in [2.24, 2.45) is 5.92 Å². The van der Waals surface area contributed by atoms with E-state index in [1.807, 2.05) is 4.68 Å². The predicted octanol–water partition coefficient (Wildman–Crippen LogP) is 5.33. The first kappa shape index (κ1) is 18.0. The molecule has 2 heterocycles. The Morgan fingerprint density at radius 2 is 1.92 bits per heavy atom. The molecule has 4 nitrogen and oxygen atoms in total. The van der Waals surface area contributed by atoms with Crippen molar-refractivity contribution in [1.82, 2.24) is 14.8 Å². The Bertz CT molecular complexity index is 865. The van der Waals surface area contributed by atoms with Crippen LogP contribution in [-0.2, 0) is 6.54 Å². The lowest BCUT2D eigenvalue weighted by molar-refractivity contribution is 0.373. The van der Waals surface area contributed by atoms with Crippen molar-refractivity contribution >= 4 is 40.0 Å². The molecule has 1 aliphatic rings. The maximum atomic E-state index is 4.89. The lowest BCUT2D eigenvalue weighted by Gasteiger charge is -2.23. The third kappa shape index (κ3) is 3.32. The van der Waals surface area contributed by atoms with E-state index in [2.05, 4.69) is 43.4 Å². The molecule has 1 saturated carbocycles. The lowest BCUT2D eigenvalue weighted by Crippen LogP contribution is -2.17. The topological polar surface area (TPSA) is 42.7 Å². The van der Waals surface area contributed by atoms with Gasteiger partial charge in [-0.15, -0.1) is 12.4 Å². The number of rotatable bonds is 4. The smallest absolute Gasteiger partial charge is 0.160 e. The van der Waals surface area contributed by atoms with Crippen LogP contribution < -0.4 is 5.32 Å². The Labute approximate surface area is 155 Å². The van der Waals surface area contributed by atoms with Crippen LogP contribution in [0.15, 0.2) is 24.3 Å². The van der Waals surface area contributed by atoms with Gasteiger partial charge in [-0.25, -0.2) is 9.67 Å². The quantitative estimate of drug-likeness (QED) is 0.685. The summed E-state index contributed by atoms with van der Waals surface area (Å²) in [6.07, 6.45) is 6.87. The van der Waals surface area contributed by atoms with Crippen LogP contribution in [0.2, 0.25) is 0 Å². The Kier molecular flexibility index (Phi) is 5.48. The van der Waals surface area contributed by atoms with E-state index >= 15 is 0 Å². The molecule has 0 unspecified atom stereocenters. The van der Waals surface area contributed by atoms with Crippen molar-refractivity contribution in [3.63, 3.8) is 0 Å². The van der Waals surface area contributed by atoms with Gasteiger partial charge >= 0.3 is 0 Å². The zero-order valence-electron chi connectivity index (χ0n) is 15.1. The fraction of sp³-hybridized carbons (Fsp3) is 0.500. The number of nitrogens with one attached hydrogen (secondary N) is 1. The second kappa shape index (κ2) is 7.61. The SMILES string of the molecule is CCn1nc(C)c2c(NCC3CCCCC3)c3ccccc3nc21.Cl. The van der Waals surface area contributed by atoms with Crippen LogP contribution in [0.4, 0.5) is 5.69 Å². The van der Waals surface area contributed by atoms with Gasteiger partial charge in [-0.2, -0.15) is 5.10 Å². The summed E-state index contributed by atoms with van der Waals surface area (Å²) in [4.78, 5) is 4.89. The molecule has 25 heavy (non-hydrogen) atoms. The molecule has 1 fully saturated rings. The zero-order valence-corrected chi connectivity index (χ0v) is 15.9. The van der Waals surface area contributed by atoms with E-state index in [1.54, 1.807) is 0 Å². The second-order valence-corrected chi connectivity index (χ2v) is 6.99. The van der Waals surface area contributed by atoms with Crippen LogP contribution in [0.25, 0.3) is 21.9 Å². The molecule has 0 spiro atoms. The summed E-state index contributed by atoms with van der Waals surface area (Å²) >= 11 is 0. The van der Waals surface area contributed by atoms with Gasteiger partial charge in [-0.1, -0.05) is 37.5 Å². The van der Waals surface area contributed by atoms with E-state index in [1.165, 1.54) is 48.6 Å². The molecule has 4 rings (SSSR count). The lowest BCUT2D eigenvalue weighted by atomic mass is 9.89. The van der Waals surface area contributed by atoms with Crippen LogP contribution >= 0.6 is 12.4 Å². The molecule has 0 radical (unpaired) electrons. The van der Waals surface area contributed by atoms with E-state index in [0.29, 0.717) is 0 Å². The van der Waals surface area contributed by atoms with Gasteiger partial charge in [0.05, 0.1) is 22.3 Å². The minimum absolute atomic E-state index is 0. The van der Waals surface area contributed by atoms with Gasteiger partial charge in [0.1, 0.15) is 0 Å². The van der Waals surface area contributed by atoms with E-state index in [0.717, 1.165) is 35.9 Å². The Balaban J connectivity index is 0.00000182. The molecule has 0 bridgehead atoms. The molecular formula is C20H27ClN4. The Morgan fingerprint density at radius 1 is 1.16 bits per heavy atom. The van der Waals surface area contributed by atoms with Gasteiger partial charge in [0.25, 0.3) is 0 Å². The van der Waals surface area contributed by atoms with Gasteiger partial charge in [0.2, 0.25) is 0 Å². The number of halogens is 1. The average molecular weight is 359 g/mol. The molecule has 0 saturated heterocycles. The van der Waals surface area contributed by atoms with Crippen LogP contribution in [0, 0.1) is 12.8 Å². The minimum Gasteiger partial charge on any atom is -0.384 e. The normalized spacial score (nSPS) is 15.4. The van der Waals surface area contributed by atoms with Gasteiger partial charge < -0.3 is 5.32 Å². The minimum atomic E-state index is 0. The maximum absolute atomic E-state index is 4.89. The van der Waals surface area contributed by atoms with E-state index < -0.39 is 0 Å². The van der Waals surface area contributed by atoms with Gasteiger partial charge in [0, 0.05) is 18.5 Å². The van der Waals surface area contributed by atoms with Crippen LogP contribution in [-0.4, -0.2) is 21.3 Å². The highest BCUT2D eigenvalue weighted by Gasteiger charge is 2.18. The number of pyridine rings is 1. The summed E-state index contributed by atoms with van der Waals surface area (Å²) < 4.78 is 2.02. The monoisotopic (exact) mass is 358 g/mol. The summed E-state index contributed by atoms with van der Waals surface area (Å²) in [6.45, 7) is 6.12. The number of hydrogen-bond donors (Lipinski definition) is 1. The molecule has 134 valence electrons. The van der Waals surface area contributed by atoms with E-state index in [9.17, 15) is 0 Å². The number of aromatic nitrogens is 3. The van der Waals surface area contributed by atoms with E-state index in [4.69, 9.17) is 10.1 Å². The first-order chi connectivity index (χ1) is 11.8. The number of aryl methyl sites for hydroxylation is 2. The van der Waals surface area contributed by atoms with Crippen molar-refractivity contribution in [1.29, 1.82) is 0 Å². The molecular weight excluding hydrogens is 332 g/mol. The Hall–Kier alpha value is -1.81. The van der Waals surface area contributed by atoms with Crippen LogP contribution in [0.5, 0.6) is 0 Å². The van der Waals surface area contributed by atoms with Crippen molar-refractivity contribution in [2.75, 3.05) is 11.9 Å². The largest absolute Gasteiger partial charge is 0.384 e. The second-order valence-electron chi connectivity index (χ2n) is 6.99. The molecule has 0 aliphatic heterocycles. The molecule has 5 heteroatoms. The number of benzene rings is 1.